The quantitative estimate of drug-likeness (QED) is 0.539. The van der Waals surface area contributed by atoms with Gasteiger partial charge in [-0.2, -0.15) is 0 Å². The second kappa shape index (κ2) is 5.54. The number of hydrogen-bond donors (Lipinski definition) is 0. The van der Waals surface area contributed by atoms with Crippen LogP contribution in [0.15, 0.2) is 23.8 Å². The summed E-state index contributed by atoms with van der Waals surface area (Å²) in [6.07, 6.45) is 10.3. The standard InChI is InChI=1S/C20H30O2/c1-14-6-9-17-19(2,3)10-5-11-20(17,4)16(14)8-7-15-12-18(21)22-13-15/h12,16-17H,1,5-11,13H2,2-4H3/t16-,17-,20+/m0/s1. The van der Waals surface area contributed by atoms with Gasteiger partial charge in [0.1, 0.15) is 6.61 Å². The van der Waals surface area contributed by atoms with E-state index in [1.54, 1.807) is 6.08 Å². The molecule has 3 atom stereocenters. The van der Waals surface area contributed by atoms with Crippen LogP contribution >= 0.6 is 0 Å². The molecule has 2 fully saturated rings. The van der Waals surface area contributed by atoms with E-state index in [2.05, 4.69) is 27.4 Å². The van der Waals surface area contributed by atoms with Gasteiger partial charge in [-0.1, -0.05) is 39.3 Å². The maximum atomic E-state index is 11.2. The van der Waals surface area contributed by atoms with Crippen molar-refractivity contribution in [1.29, 1.82) is 0 Å². The summed E-state index contributed by atoms with van der Waals surface area (Å²) in [6.45, 7) is 12.4. The van der Waals surface area contributed by atoms with Crippen molar-refractivity contribution in [2.24, 2.45) is 22.7 Å². The van der Waals surface area contributed by atoms with Crippen molar-refractivity contribution in [3.63, 3.8) is 0 Å². The van der Waals surface area contributed by atoms with Crippen molar-refractivity contribution < 1.29 is 9.53 Å². The number of rotatable bonds is 3. The van der Waals surface area contributed by atoms with Gasteiger partial charge in [0.15, 0.2) is 0 Å². The molecule has 22 heavy (non-hydrogen) atoms. The second-order valence-corrected chi connectivity index (χ2v) is 8.60. The summed E-state index contributed by atoms with van der Waals surface area (Å²) >= 11 is 0. The third-order valence-electron chi connectivity index (χ3n) is 6.79. The molecule has 0 unspecified atom stereocenters. The molecule has 1 heterocycles. The van der Waals surface area contributed by atoms with Gasteiger partial charge in [0.05, 0.1) is 0 Å². The first-order valence-electron chi connectivity index (χ1n) is 8.87. The molecule has 2 aliphatic carbocycles. The van der Waals surface area contributed by atoms with Gasteiger partial charge in [-0.3, -0.25) is 0 Å². The first-order valence-corrected chi connectivity index (χ1v) is 8.87. The number of fused-ring (bicyclic) bond motifs is 1. The fourth-order valence-corrected chi connectivity index (χ4v) is 5.70. The van der Waals surface area contributed by atoms with E-state index in [4.69, 9.17) is 4.74 Å². The average molecular weight is 302 g/mol. The Bertz CT molecular complexity index is 514. The zero-order valence-corrected chi connectivity index (χ0v) is 14.4. The van der Waals surface area contributed by atoms with Crippen LogP contribution in [0.1, 0.15) is 65.7 Å². The van der Waals surface area contributed by atoms with Gasteiger partial charge in [-0.15, -0.1) is 0 Å². The van der Waals surface area contributed by atoms with Crippen molar-refractivity contribution in [2.45, 2.75) is 65.7 Å². The van der Waals surface area contributed by atoms with Crippen molar-refractivity contribution in [1.82, 2.24) is 0 Å². The monoisotopic (exact) mass is 302 g/mol. The van der Waals surface area contributed by atoms with Gasteiger partial charge in [-0.25, -0.2) is 4.79 Å². The van der Waals surface area contributed by atoms with Crippen LogP contribution in [0.3, 0.4) is 0 Å². The number of allylic oxidation sites excluding steroid dienone is 1. The number of ether oxygens (including phenoxy) is 1. The maximum absolute atomic E-state index is 11.2. The summed E-state index contributed by atoms with van der Waals surface area (Å²) in [5.74, 6) is 1.24. The summed E-state index contributed by atoms with van der Waals surface area (Å²) in [5.41, 5.74) is 3.46. The fourth-order valence-electron chi connectivity index (χ4n) is 5.70. The molecule has 0 aromatic heterocycles. The molecular weight excluding hydrogens is 272 g/mol. The molecule has 0 aromatic rings. The summed E-state index contributed by atoms with van der Waals surface area (Å²) < 4.78 is 5.04. The van der Waals surface area contributed by atoms with E-state index in [-0.39, 0.29) is 5.97 Å². The lowest BCUT2D eigenvalue weighted by Crippen LogP contribution is -2.49. The maximum Gasteiger partial charge on any atom is 0.331 e. The van der Waals surface area contributed by atoms with Gasteiger partial charge in [0.25, 0.3) is 0 Å². The topological polar surface area (TPSA) is 26.3 Å². The lowest BCUT2D eigenvalue weighted by Gasteiger charge is -2.58. The molecule has 122 valence electrons. The second-order valence-electron chi connectivity index (χ2n) is 8.60. The molecule has 0 aromatic carbocycles. The number of hydrogen-bond acceptors (Lipinski definition) is 2. The minimum Gasteiger partial charge on any atom is -0.458 e. The van der Waals surface area contributed by atoms with Crippen LogP contribution in [0.25, 0.3) is 0 Å². The Morgan fingerprint density at radius 2 is 2.09 bits per heavy atom. The highest BCUT2D eigenvalue weighted by Crippen LogP contribution is 2.61. The van der Waals surface area contributed by atoms with Crippen LogP contribution in [-0.4, -0.2) is 12.6 Å². The minimum atomic E-state index is -0.166. The van der Waals surface area contributed by atoms with E-state index in [0.717, 1.165) is 18.8 Å². The van der Waals surface area contributed by atoms with E-state index in [9.17, 15) is 4.79 Å². The zero-order chi connectivity index (χ0) is 16.0. The Labute approximate surface area is 135 Å². The smallest absolute Gasteiger partial charge is 0.331 e. The molecule has 0 bridgehead atoms. The molecule has 3 aliphatic rings. The summed E-state index contributed by atoms with van der Waals surface area (Å²) in [5, 5.41) is 0. The molecule has 0 saturated heterocycles. The van der Waals surface area contributed by atoms with Gasteiger partial charge in [0.2, 0.25) is 0 Å². The fraction of sp³-hybridized carbons (Fsp3) is 0.750. The summed E-state index contributed by atoms with van der Waals surface area (Å²) in [4.78, 5) is 11.2. The van der Waals surface area contributed by atoms with E-state index in [0.29, 0.717) is 23.4 Å². The summed E-state index contributed by atoms with van der Waals surface area (Å²) in [6, 6.07) is 0. The van der Waals surface area contributed by atoms with Crippen molar-refractivity contribution >= 4 is 5.97 Å². The molecule has 0 spiro atoms. The molecule has 0 N–H and O–H groups in total. The first kappa shape index (κ1) is 15.8. The third-order valence-corrected chi connectivity index (χ3v) is 6.79. The largest absolute Gasteiger partial charge is 0.458 e. The third kappa shape index (κ3) is 2.66. The lowest BCUT2D eigenvalue weighted by molar-refractivity contribution is -0.134. The van der Waals surface area contributed by atoms with E-state index in [1.165, 1.54) is 43.3 Å². The average Bonchev–Trinajstić information content (AvgIpc) is 2.82. The van der Waals surface area contributed by atoms with Crippen LogP contribution < -0.4 is 0 Å². The first-order chi connectivity index (χ1) is 10.3. The van der Waals surface area contributed by atoms with Crippen LogP contribution in [-0.2, 0) is 9.53 Å². The van der Waals surface area contributed by atoms with Crippen LogP contribution in [0.5, 0.6) is 0 Å². The van der Waals surface area contributed by atoms with Crippen molar-refractivity contribution in [3.8, 4) is 0 Å². The van der Waals surface area contributed by atoms with Crippen LogP contribution in [0.4, 0.5) is 0 Å². The van der Waals surface area contributed by atoms with E-state index in [1.807, 2.05) is 0 Å². The highest BCUT2D eigenvalue weighted by molar-refractivity contribution is 5.85. The van der Waals surface area contributed by atoms with Crippen LogP contribution in [0.2, 0.25) is 0 Å². The molecule has 2 nitrogen and oxygen atoms in total. The highest BCUT2D eigenvalue weighted by Gasteiger charge is 2.52. The predicted octanol–water partition coefficient (Wildman–Crippen LogP) is 5.05. The van der Waals surface area contributed by atoms with Gasteiger partial charge >= 0.3 is 5.97 Å². The Morgan fingerprint density at radius 1 is 1.32 bits per heavy atom. The molecule has 0 amide bonds. The molecule has 3 rings (SSSR count). The number of carbonyl (C=O) groups is 1. The van der Waals surface area contributed by atoms with E-state index < -0.39 is 0 Å². The number of cyclic esters (lactones) is 1. The Balaban J connectivity index is 1.77. The molecular formula is C20H30O2. The Hall–Kier alpha value is -1.05. The van der Waals surface area contributed by atoms with Gasteiger partial charge in [0, 0.05) is 6.08 Å². The number of esters is 1. The zero-order valence-electron chi connectivity index (χ0n) is 14.4. The lowest BCUT2D eigenvalue weighted by atomic mass is 9.47. The van der Waals surface area contributed by atoms with Crippen molar-refractivity contribution in [3.05, 3.63) is 23.8 Å². The highest BCUT2D eigenvalue weighted by atomic mass is 16.5. The van der Waals surface area contributed by atoms with Crippen LogP contribution in [0, 0.1) is 22.7 Å². The van der Waals surface area contributed by atoms with Gasteiger partial charge < -0.3 is 4.74 Å². The SMILES string of the molecule is C=C1CC[C@H]2C(C)(C)CCC[C@]2(C)[C@H]1CCC1=CC(=O)OC1. The molecule has 0 radical (unpaired) electrons. The Kier molecular flexibility index (Phi) is 3.99. The molecule has 1 aliphatic heterocycles. The van der Waals surface area contributed by atoms with Crippen molar-refractivity contribution in [2.75, 3.05) is 6.61 Å². The number of carbonyl (C=O) groups excluding carboxylic acids is 1. The minimum absolute atomic E-state index is 0.166. The molecule has 2 heteroatoms. The van der Waals surface area contributed by atoms with Gasteiger partial charge in [-0.05, 0) is 66.8 Å². The molecule has 2 saturated carbocycles. The normalized spacial score (nSPS) is 37.5. The van der Waals surface area contributed by atoms with E-state index >= 15 is 0 Å². The predicted molar refractivity (Wildman–Crippen MR) is 89.4 cm³/mol. The summed E-state index contributed by atoms with van der Waals surface area (Å²) in [7, 11) is 0. The Morgan fingerprint density at radius 3 is 2.77 bits per heavy atom.